The molecule has 0 saturated heterocycles. The Kier molecular flexibility index (Phi) is 3.38. The van der Waals surface area contributed by atoms with Gasteiger partial charge in [0.25, 0.3) is 0 Å². The maximum atomic E-state index is 8.98. The van der Waals surface area contributed by atoms with Crippen LogP contribution in [0.2, 0.25) is 0 Å². The first-order valence-electron chi connectivity index (χ1n) is 5.78. The van der Waals surface area contributed by atoms with Crippen LogP contribution in [0, 0.1) is 11.3 Å². The number of nitrogens with one attached hydrogen (secondary N) is 1. The summed E-state index contributed by atoms with van der Waals surface area (Å²) in [7, 11) is 0. The third-order valence-electron chi connectivity index (χ3n) is 3.04. The molecule has 0 amide bonds. The van der Waals surface area contributed by atoms with Crippen molar-refractivity contribution >= 4 is 5.57 Å². The molecule has 1 aromatic carbocycles. The number of hydrogen-bond acceptors (Lipinski definition) is 2. The normalized spacial score (nSPS) is 15.4. The van der Waals surface area contributed by atoms with E-state index in [9.17, 15) is 0 Å². The lowest BCUT2D eigenvalue weighted by Crippen LogP contribution is -2.20. The number of hydrogen-bond donors (Lipinski definition) is 1. The van der Waals surface area contributed by atoms with Crippen LogP contribution < -0.4 is 5.32 Å². The minimum Gasteiger partial charge on any atom is -0.313 e. The van der Waals surface area contributed by atoms with E-state index in [1.54, 1.807) is 0 Å². The molecule has 0 spiro atoms. The van der Waals surface area contributed by atoms with Gasteiger partial charge in [0.05, 0.1) is 11.6 Å². The average molecular weight is 212 g/mol. The van der Waals surface area contributed by atoms with Gasteiger partial charge in [-0.05, 0) is 42.2 Å². The fourth-order valence-corrected chi connectivity index (χ4v) is 2.08. The summed E-state index contributed by atoms with van der Waals surface area (Å²) in [5, 5.41) is 12.3. The van der Waals surface area contributed by atoms with Crippen molar-refractivity contribution < 1.29 is 0 Å². The molecule has 1 heterocycles. The average Bonchev–Trinajstić information content (AvgIpc) is 2.39. The highest BCUT2D eigenvalue weighted by atomic mass is 14.8. The van der Waals surface area contributed by atoms with Crippen molar-refractivity contribution in [3.05, 3.63) is 41.0 Å². The van der Waals surface area contributed by atoms with Crippen molar-refractivity contribution in [1.82, 2.24) is 5.32 Å². The molecule has 82 valence electrons. The first-order valence-corrected chi connectivity index (χ1v) is 5.78. The van der Waals surface area contributed by atoms with E-state index in [1.807, 2.05) is 6.07 Å². The highest BCUT2D eigenvalue weighted by molar-refractivity contribution is 5.68. The maximum absolute atomic E-state index is 8.98. The van der Waals surface area contributed by atoms with E-state index in [1.165, 1.54) is 11.1 Å². The second kappa shape index (κ2) is 4.96. The van der Waals surface area contributed by atoms with Crippen LogP contribution in [0.25, 0.3) is 5.57 Å². The molecule has 0 unspecified atom stereocenters. The summed E-state index contributed by atoms with van der Waals surface area (Å²) in [5.41, 5.74) is 4.63. The van der Waals surface area contributed by atoms with Crippen molar-refractivity contribution in [2.24, 2.45) is 0 Å². The molecule has 0 bridgehead atoms. The summed E-state index contributed by atoms with van der Waals surface area (Å²) >= 11 is 0. The molecular formula is C14H16N2. The zero-order valence-electron chi connectivity index (χ0n) is 9.59. The fourth-order valence-electron chi connectivity index (χ4n) is 2.08. The van der Waals surface area contributed by atoms with E-state index < -0.39 is 0 Å². The molecule has 2 rings (SSSR count). The standard InChI is InChI=1S/C14H16N2/c1-2-11-9-13(3-4-14(11)10-15)12-5-7-16-8-6-12/h3-5,9,16H,2,6-8H2,1H3. The third kappa shape index (κ3) is 2.15. The Hall–Kier alpha value is -1.59. The monoisotopic (exact) mass is 212 g/mol. The van der Waals surface area contributed by atoms with Gasteiger partial charge >= 0.3 is 0 Å². The molecule has 2 nitrogen and oxygen atoms in total. The van der Waals surface area contributed by atoms with Gasteiger partial charge in [-0.1, -0.05) is 25.1 Å². The lowest BCUT2D eigenvalue weighted by atomic mass is 9.95. The number of rotatable bonds is 2. The minimum atomic E-state index is 0.806. The molecule has 0 aromatic heterocycles. The highest BCUT2D eigenvalue weighted by Gasteiger charge is 2.08. The number of nitriles is 1. The van der Waals surface area contributed by atoms with Crippen LogP contribution >= 0.6 is 0 Å². The van der Waals surface area contributed by atoms with Crippen molar-refractivity contribution in [1.29, 1.82) is 5.26 Å². The summed E-state index contributed by atoms with van der Waals surface area (Å²) in [4.78, 5) is 0. The van der Waals surface area contributed by atoms with Gasteiger partial charge in [0.15, 0.2) is 0 Å². The fraction of sp³-hybridized carbons (Fsp3) is 0.357. The lowest BCUT2D eigenvalue weighted by molar-refractivity contribution is 0.738. The summed E-state index contributed by atoms with van der Waals surface area (Å²) in [6.07, 6.45) is 4.24. The van der Waals surface area contributed by atoms with Crippen LogP contribution in [0.1, 0.15) is 30.0 Å². The molecule has 2 heteroatoms. The Bertz CT molecular complexity index is 452. The van der Waals surface area contributed by atoms with Gasteiger partial charge in [0.2, 0.25) is 0 Å². The number of nitrogens with zero attached hydrogens (tertiary/aromatic N) is 1. The Morgan fingerprint density at radius 3 is 2.94 bits per heavy atom. The number of aryl methyl sites for hydroxylation is 1. The van der Waals surface area contributed by atoms with E-state index in [4.69, 9.17) is 5.26 Å². The van der Waals surface area contributed by atoms with Gasteiger partial charge in [-0.2, -0.15) is 5.26 Å². The predicted octanol–water partition coefficient (Wildman–Crippen LogP) is 2.50. The Balaban J connectivity index is 2.36. The molecule has 1 N–H and O–H groups in total. The van der Waals surface area contributed by atoms with E-state index in [-0.39, 0.29) is 0 Å². The van der Waals surface area contributed by atoms with Gasteiger partial charge < -0.3 is 5.32 Å². The highest BCUT2D eigenvalue weighted by Crippen LogP contribution is 2.22. The smallest absolute Gasteiger partial charge is 0.0994 e. The number of benzene rings is 1. The van der Waals surface area contributed by atoms with Crippen LogP contribution in [0.5, 0.6) is 0 Å². The van der Waals surface area contributed by atoms with Crippen molar-refractivity contribution in [3.8, 4) is 6.07 Å². The molecule has 16 heavy (non-hydrogen) atoms. The predicted molar refractivity (Wildman–Crippen MR) is 66.0 cm³/mol. The second-order valence-electron chi connectivity index (χ2n) is 4.02. The maximum Gasteiger partial charge on any atom is 0.0994 e. The van der Waals surface area contributed by atoms with Crippen molar-refractivity contribution in [3.63, 3.8) is 0 Å². The van der Waals surface area contributed by atoms with Gasteiger partial charge in [-0.15, -0.1) is 0 Å². The summed E-state index contributed by atoms with van der Waals surface area (Å²) in [5.74, 6) is 0. The van der Waals surface area contributed by atoms with E-state index >= 15 is 0 Å². The minimum absolute atomic E-state index is 0.806. The van der Waals surface area contributed by atoms with Gasteiger partial charge in [-0.3, -0.25) is 0 Å². The third-order valence-corrected chi connectivity index (χ3v) is 3.04. The molecule has 0 aliphatic carbocycles. The van der Waals surface area contributed by atoms with Gasteiger partial charge in [-0.25, -0.2) is 0 Å². The first kappa shape index (κ1) is 10.9. The molecule has 0 saturated carbocycles. The molecule has 1 aromatic rings. The van der Waals surface area contributed by atoms with Crippen LogP contribution in [-0.4, -0.2) is 13.1 Å². The molecule has 0 atom stereocenters. The second-order valence-corrected chi connectivity index (χ2v) is 4.02. The lowest BCUT2D eigenvalue weighted by Gasteiger charge is -2.15. The first-order chi connectivity index (χ1) is 7.85. The Morgan fingerprint density at radius 1 is 1.44 bits per heavy atom. The Morgan fingerprint density at radius 2 is 2.31 bits per heavy atom. The van der Waals surface area contributed by atoms with Crippen molar-refractivity contribution in [2.45, 2.75) is 19.8 Å². The largest absolute Gasteiger partial charge is 0.313 e. The Labute approximate surface area is 96.6 Å². The van der Waals surface area contributed by atoms with Crippen molar-refractivity contribution in [2.75, 3.05) is 13.1 Å². The molecule has 0 radical (unpaired) electrons. The zero-order chi connectivity index (χ0) is 11.4. The molecular weight excluding hydrogens is 196 g/mol. The van der Waals surface area contributed by atoms with Gasteiger partial charge in [0.1, 0.15) is 0 Å². The molecule has 0 fully saturated rings. The summed E-state index contributed by atoms with van der Waals surface area (Å²) in [6, 6.07) is 8.41. The summed E-state index contributed by atoms with van der Waals surface area (Å²) in [6.45, 7) is 4.10. The SMILES string of the molecule is CCc1cc(C2=CCNCC2)ccc1C#N. The van der Waals surface area contributed by atoms with E-state index in [0.717, 1.165) is 37.1 Å². The van der Waals surface area contributed by atoms with Crippen LogP contribution in [0.15, 0.2) is 24.3 Å². The van der Waals surface area contributed by atoms with Crippen LogP contribution in [0.4, 0.5) is 0 Å². The van der Waals surface area contributed by atoms with Gasteiger partial charge in [0, 0.05) is 6.54 Å². The molecule has 1 aliphatic rings. The van der Waals surface area contributed by atoms with Crippen LogP contribution in [0.3, 0.4) is 0 Å². The quantitative estimate of drug-likeness (QED) is 0.817. The van der Waals surface area contributed by atoms with E-state index in [0.29, 0.717) is 0 Å². The summed E-state index contributed by atoms with van der Waals surface area (Å²) < 4.78 is 0. The zero-order valence-corrected chi connectivity index (χ0v) is 9.59. The van der Waals surface area contributed by atoms with E-state index in [2.05, 4.69) is 36.5 Å². The van der Waals surface area contributed by atoms with Crippen LogP contribution in [-0.2, 0) is 6.42 Å². The molecule has 1 aliphatic heterocycles. The topological polar surface area (TPSA) is 35.8 Å².